The third-order valence-electron chi connectivity index (χ3n) is 3.34. The summed E-state index contributed by atoms with van der Waals surface area (Å²) in [7, 11) is 0. The second kappa shape index (κ2) is 8.74. The van der Waals surface area contributed by atoms with Crippen LogP contribution < -0.4 is 10.6 Å². The quantitative estimate of drug-likeness (QED) is 0.653. The predicted molar refractivity (Wildman–Crippen MR) is 71.0 cm³/mol. The Hall–Kier alpha value is -1.30. The van der Waals surface area contributed by atoms with Crippen LogP contribution in [-0.4, -0.2) is 42.9 Å². The molecule has 0 aliphatic carbocycles. The maximum atomic E-state index is 11.6. The monoisotopic (exact) mass is 272 g/mol. The summed E-state index contributed by atoms with van der Waals surface area (Å²) in [5.41, 5.74) is 0. The Kier molecular flexibility index (Phi) is 7.25. The molecule has 2 amide bonds. The van der Waals surface area contributed by atoms with Gasteiger partial charge < -0.3 is 20.5 Å². The molecule has 0 spiro atoms. The smallest absolute Gasteiger partial charge is 0.326 e. The van der Waals surface area contributed by atoms with Crippen molar-refractivity contribution >= 4 is 12.0 Å². The first-order valence-corrected chi connectivity index (χ1v) is 6.98. The molecule has 0 unspecified atom stereocenters. The van der Waals surface area contributed by atoms with Crippen LogP contribution >= 0.6 is 0 Å². The van der Waals surface area contributed by atoms with Crippen LogP contribution in [0.15, 0.2) is 0 Å². The number of nitrogens with one attached hydrogen (secondary N) is 2. The van der Waals surface area contributed by atoms with E-state index in [1.54, 1.807) is 0 Å². The zero-order chi connectivity index (χ0) is 14.1. The Labute approximate surface area is 113 Å². The van der Waals surface area contributed by atoms with Crippen molar-refractivity contribution in [2.24, 2.45) is 5.92 Å². The van der Waals surface area contributed by atoms with E-state index in [9.17, 15) is 9.59 Å². The molecule has 6 heteroatoms. The number of carbonyl (C=O) groups excluding carboxylic acids is 1. The fourth-order valence-corrected chi connectivity index (χ4v) is 2.06. The average Bonchev–Trinajstić information content (AvgIpc) is 2.42. The molecule has 0 aromatic carbocycles. The van der Waals surface area contributed by atoms with Crippen molar-refractivity contribution in [3.05, 3.63) is 0 Å². The minimum atomic E-state index is -0.977. The van der Waals surface area contributed by atoms with Crippen LogP contribution in [0.5, 0.6) is 0 Å². The van der Waals surface area contributed by atoms with Gasteiger partial charge in [-0.15, -0.1) is 0 Å². The number of ether oxygens (including phenoxy) is 1. The van der Waals surface area contributed by atoms with E-state index in [-0.39, 0.29) is 0 Å². The number of hydrogen-bond donors (Lipinski definition) is 3. The Bertz CT molecular complexity index is 290. The van der Waals surface area contributed by atoms with E-state index in [1.165, 1.54) is 0 Å². The molecule has 0 radical (unpaired) electrons. The number of carbonyl (C=O) groups is 2. The first kappa shape index (κ1) is 15.8. The summed E-state index contributed by atoms with van der Waals surface area (Å²) in [6.07, 6.45) is 4.06. The summed E-state index contributed by atoms with van der Waals surface area (Å²) in [6, 6.07) is -1.19. The average molecular weight is 272 g/mol. The zero-order valence-electron chi connectivity index (χ0n) is 11.5. The van der Waals surface area contributed by atoms with Gasteiger partial charge >= 0.3 is 12.0 Å². The van der Waals surface area contributed by atoms with Crippen molar-refractivity contribution in [3.8, 4) is 0 Å². The number of urea groups is 1. The van der Waals surface area contributed by atoms with Gasteiger partial charge in [-0.1, -0.05) is 19.8 Å². The summed E-state index contributed by atoms with van der Waals surface area (Å²) in [4.78, 5) is 22.6. The number of unbranched alkanes of at least 4 members (excludes halogenated alkanes) is 1. The van der Waals surface area contributed by atoms with E-state index in [4.69, 9.17) is 9.84 Å². The Morgan fingerprint density at radius 3 is 2.63 bits per heavy atom. The third-order valence-corrected chi connectivity index (χ3v) is 3.34. The van der Waals surface area contributed by atoms with Crippen LogP contribution in [0.1, 0.15) is 39.0 Å². The fraction of sp³-hybridized carbons (Fsp3) is 0.846. The molecule has 1 rings (SSSR count). The number of hydrogen-bond acceptors (Lipinski definition) is 3. The van der Waals surface area contributed by atoms with Crippen LogP contribution in [0.3, 0.4) is 0 Å². The van der Waals surface area contributed by atoms with Crippen LogP contribution in [-0.2, 0) is 9.53 Å². The van der Waals surface area contributed by atoms with Gasteiger partial charge in [0.05, 0.1) is 0 Å². The lowest BCUT2D eigenvalue weighted by Gasteiger charge is -2.22. The van der Waals surface area contributed by atoms with Crippen molar-refractivity contribution in [2.45, 2.75) is 45.1 Å². The fourth-order valence-electron chi connectivity index (χ4n) is 2.06. The summed E-state index contributed by atoms with van der Waals surface area (Å²) in [6.45, 7) is 4.05. The van der Waals surface area contributed by atoms with E-state index in [1.807, 2.05) is 6.92 Å². The lowest BCUT2D eigenvalue weighted by atomic mass is 10.0. The molecule has 110 valence electrons. The maximum Gasteiger partial charge on any atom is 0.326 e. The Morgan fingerprint density at radius 2 is 2.05 bits per heavy atom. The van der Waals surface area contributed by atoms with E-state index < -0.39 is 18.0 Å². The minimum absolute atomic E-state index is 0.394. The molecule has 1 heterocycles. The first-order chi connectivity index (χ1) is 9.13. The lowest BCUT2D eigenvalue weighted by Crippen LogP contribution is -2.47. The molecule has 1 aliphatic rings. The van der Waals surface area contributed by atoms with Gasteiger partial charge in [0.25, 0.3) is 0 Å². The van der Waals surface area contributed by atoms with Crippen LogP contribution in [0.25, 0.3) is 0 Å². The molecule has 19 heavy (non-hydrogen) atoms. The second-order valence-electron chi connectivity index (χ2n) is 4.94. The molecule has 6 nitrogen and oxygen atoms in total. The third kappa shape index (κ3) is 6.42. The summed E-state index contributed by atoms with van der Waals surface area (Å²) in [5.74, 6) is -0.548. The largest absolute Gasteiger partial charge is 0.480 e. The number of carboxylic acids is 1. The van der Waals surface area contributed by atoms with Crippen LogP contribution in [0.4, 0.5) is 4.79 Å². The molecule has 0 aromatic rings. The molecule has 1 aliphatic heterocycles. The van der Waals surface area contributed by atoms with Gasteiger partial charge in [0.2, 0.25) is 0 Å². The van der Waals surface area contributed by atoms with Crippen molar-refractivity contribution < 1.29 is 19.4 Å². The van der Waals surface area contributed by atoms with Gasteiger partial charge in [0.15, 0.2) is 0 Å². The number of amides is 2. The number of rotatable bonds is 7. The Morgan fingerprint density at radius 1 is 1.37 bits per heavy atom. The van der Waals surface area contributed by atoms with Crippen molar-refractivity contribution in [1.82, 2.24) is 10.6 Å². The molecule has 1 atom stereocenters. The molecule has 0 bridgehead atoms. The van der Waals surface area contributed by atoms with Gasteiger partial charge in [0, 0.05) is 19.8 Å². The first-order valence-electron chi connectivity index (χ1n) is 6.98. The zero-order valence-corrected chi connectivity index (χ0v) is 11.5. The van der Waals surface area contributed by atoms with E-state index in [2.05, 4.69) is 10.6 Å². The van der Waals surface area contributed by atoms with E-state index >= 15 is 0 Å². The molecular formula is C13H24N2O4. The summed E-state index contributed by atoms with van der Waals surface area (Å²) in [5, 5.41) is 14.3. The number of carboxylic acid groups (broad SMARTS) is 1. The molecule has 3 N–H and O–H groups in total. The topological polar surface area (TPSA) is 87.7 Å². The SMILES string of the molecule is CCCC[C@H](NC(=O)NCC1CCOCC1)C(=O)O. The molecule has 1 fully saturated rings. The van der Waals surface area contributed by atoms with Crippen LogP contribution in [0, 0.1) is 5.92 Å². The van der Waals surface area contributed by atoms with Gasteiger partial charge in [-0.3, -0.25) is 0 Å². The highest BCUT2D eigenvalue weighted by Gasteiger charge is 2.20. The van der Waals surface area contributed by atoms with E-state index in [0.29, 0.717) is 18.9 Å². The molecule has 0 saturated carbocycles. The highest BCUT2D eigenvalue weighted by Crippen LogP contribution is 2.13. The van der Waals surface area contributed by atoms with E-state index in [0.717, 1.165) is 38.9 Å². The summed E-state index contributed by atoms with van der Waals surface area (Å²) < 4.78 is 5.24. The highest BCUT2D eigenvalue weighted by atomic mass is 16.5. The minimum Gasteiger partial charge on any atom is -0.480 e. The highest BCUT2D eigenvalue weighted by molar-refractivity contribution is 5.82. The molecule has 0 aromatic heterocycles. The van der Waals surface area contributed by atoms with Gasteiger partial charge in [0.1, 0.15) is 6.04 Å². The van der Waals surface area contributed by atoms with Crippen molar-refractivity contribution in [1.29, 1.82) is 0 Å². The van der Waals surface area contributed by atoms with Gasteiger partial charge in [-0.2, -0.15) is 0 Å². The normalized spacial score (nSPS) is 17.7. The second-order valence-corrected chi connectivity index (χ2v) is 4.94. The van der Waals surface area contributed by atoms with Crippen molar-refractivity contribution in [2.75, 3.05) is 19.8 Å². The molecular weight excluding hydrogens is 248 g/mol. The van der Waals surface area contributed by atoms with Gasteiger partial charge in [-0.25, -0.2) is 9.59 Å². The predicted octanol–water partition coefficient (Wildman–Crippen LogP) is 1.36. The van der Waals surface area contributed by atoms with Crippen molar-refractivity contribution in [3.63, 3.8) is 0 Å². The van der Waals surface area contributed by atoms with Crippen LogP contribution in [0.2, 0.25) is 0 Å². The summed E-state index contributed by atoms with van der Waals surface area (Å²) >= 11 is 0. The lowest BCUT2D eigenvalue weighted by molar-refractivity contribution is -0.139. The van der Waals surface area contributed by atoms with Gasteiger partial charge in [-0.05, 0) is 25.2 Å². The maximum absolute atomic E-state index is 11.6. The number of aliphatic carboxylic acids is 1. The Balaban J connectivity index is 2.25. The molecule has 1 saturated heterocycles. The standard InChI is InChI=1S/C13H24N2O4/c1-2-3-4-11(12(16)17)15-13(18)14-9-10-5-7-19-8-6-10/h10-11H,2-9H2,1H3,(H,16,17)(H2,14,15,18)/t11-/m0/s1.